The van der Waals surface area contributed by atoms with Gasteiger partial charge < -0.3 is 25.2 Å². The van der Waals surface area contributed by atoms with E-state index in [0.717, 1.165) is 56.7 Å². The Morgan fingerprint density at radius 3 is 2.43 bits per heavy atom. The van der Waals surface area contributed by atoms with Crippen LogP contribution in [0.5, 0.6) is 11.5 Å². The van der Waals surface area contributed by atoms with Gasteiger partial charge in [0.2, 0.25) is 0 Å². The average Bonchev–Trinajstić information content (AvgIpc) is 2.79. The number of benzene rings is 2. The molecule has 162 valence electrons. The molecule has 0 aromatic heterocycles. The van der Waals surface area contributed by atoms with Crippen LogP contribution in [0.1, 0.15) is 24.1 Å². The molecule has 1 aliphatic heterocycles. The van der Waals surface area contributed by atoms with E-state index >= 15 is 0 Å². The molecule has 0 bridgehead atoms. The van der Waals surface area contributed by atoms with E-state index in [4.69, 9.17) is 14.5 Å². The van der Waals surface area contributed by atoms with Crippen molar-refractivity contribution in [2.24, 2.45) is 4.99 Å². The molecule has 0 aliphatic carbocycles. The predicted octanol–water partition coefficient (Wildman–Crippen LogP) is 2.53. The van der Waals surface area contributed by atoms with Crippen molar-refractivity contribution in [2.45, 2.75) is 19.5 Å². The first kappa shape index (κ1) is 21.9. The van der Waals surface area contributed by atoms with Crippen LogP contribution < -0.4 is 15.4 Å². The first-order chi connectivity index (χ1) is 14.7. The number of morpholine rings is 1. The quantitative estimate of drug-likeness (QED) is 0.457. The number of hydrogen-bond donors (Lipinski definition) is 3. The first-order valence-electron chi connectivity index (χ1n) is 10.5. The molecule has 0 amide bonds. The van der Waals surface area contributed by atoms with E-state index < -0.39 is 0 Å². The summed E-state index contributed by atoms with van der Waals surface area (Å²) < 4.78 is 10.9. The fourth-order valence-electron chi connectivity index (χ4n) is 3.48. The maximum Gasteiger partial charge on any atom is 0.191 e. The molecule has 1 atom stereocenters. The summed E-state index contributed by atoms with van der Waals surface area (Å²) in [7, 11) is 1.68. The highest BCUT2D eigenvalue weighted by Crippen LogP contribution is 2.23. The highest BCUT2D eigenvalue weighted by molar-refractivity contribution is 5.79. The van der Waals surface area contributed by atoms with E-state index in [1.54, 1.807) is 19.2 Å². The van der Waals surface area contributed by atoms with Gasteiger partial charge in [-0.1, -0.05) is 24.3 Å². The Bertz CT molecular complexity index is 787. The van der Waals surface area contributed by atoms with Gasteiger partial charge in [-0.05, 0) is 42.3 Å². The number of phenolic OH excluding ortho intramolecular Hbond substituents is 1. The first-order valence-corrected chi connectivity index (χ1v) is 10.5. The zero-order chi connectivity index (χ0) is 21.2. The van der Waals surface area contributed by atoms with Crippen molar-refractivity contribution in [2.75, 3.05) is 46.5 Å². The summed E-state index contributed by atoms with van der Waals surface area (Å²) in [6.07, 6.45) is 0. The maximum absolute atomic E-state index is 9.45. The molecule has 2 aromatic rings. The summed E-state index contributed by atoms with van der Waals surface area (Å²) in [4.78, 5) is 7.15. The topological polar surface area (TPSA) is 78.4 Å². The van der Waals surface area contributed by atoms with Gasteiger partial charge in [-0.25, -0.2) is 4.99 Å². The molecule has 2 aromatic carbocycles. The van der Waals surface area contributed by atoms with Crippen LogP contribution in [-0.2, 0) is 11.3 Å². The van der Waals surface area contributed by atoms with Crippen molar-refractivity contribution in [3.8, 4) is 11.5 Å². The number of phenols is 1. The lowest BCUT2D eigenvalue weighted by atomic mass is 10.0. The van der Waals surface area contributed by atoms with E-state index in [2.05, 4.69) is 34.6 Å². The summed E-state index contributed by atoms with van der Waals surface area (Å²) in [5.74, 6) is 1.90. The summed E-state index contributed by atoms with van der Waals surface area (Å²) in [5.41, 5.74) is 2.28. The van der Waals surface area contributed by atoms with Gasteiger partial charge >= 0.3 is 0 Å². The van der Waals surface area contributed by atoms with E-state index in [9.17, 15) is 5.11 Å². The number of nitrogens with one attached hydrogen (secondary N) is 2. The van der Waals surface area contributed by atoms with Crippen molar-refractivity contribution >= 4 is 5.96 Å². The Balaban J connectivity index is 1.70. The normalized spacial score (nSPS) is 16.1. The van der Waals surface area contributed by atoms with E-state index in [-0.39, 0.29) is 11.8 Å². The molecule has 0 spiro atoms. The molecule has 1 saturated heterocycles. The second-order valence-corrected chi connectivity index (χ2v) is 7.18. The highest BCUT2D eigenvalue weighted by atomic mass is 16.5. The average molecular weight is 413 g/mol. The third kappa shape index (κ3) is 6.37. The largest absolute Gasteiger partial charge is 0.508 e. The fourth-order valence-corrected chi connectivity index (χ4v) is 3.48. The van der Waals surface area contributed by atoms with Gasteiger partial charge in [0, 0.05) is 26.2 Å². The van der Waals surface area contributed by atoms with Gasteiger partial charge in [-0.2, -0.15) is 0 Å². The number of guanidine groups is 1. The van der Waals surface area contributed by atoms with Crippen molar-refractivity contribution in [1.29, 1.82) is 0 Å². The zero-order valence-electron chi connectivity index (χ0n) is 17.8. The fraction of sp³-hybridized carbons (Fsp3) is 0.435. The van der Waals surface area contributed by atoms with Gasteiger partial charge in [-0.3, -0.25) is 4.90 Å². The molecule has 1 heterocycles. The number of nitrogens with zero attached hydrogens (tertiary/aromatic N) is 2. The second-order valence-electron chi connectivity index (χ2n) is 7.18. The number of aromatic hydroxyl groups is 1. The molecule has 0 radical (unpaired) electrons. The van der Waals surface area contributed by atoms with Crippen LogP contribution in [0.4, 0.5) is 0 Å². The summed E-state index contributed by atoms with van der Waals surface area (Å²) >= 11 is 0. The van der Waals surface area contributed by atoms with Crippen molar-refractivity contribution in [3.05, 3.63) is 59.7 Å². The second kappa shape index (κ2) is 11.4. The highest BCUT2D eigenvalue weighted by Gasteiger charge is 2.23. The van der Waals surface area contributed by atoms with Crippen LogP contribution in [-0.4, -0.2) is 62.5 Å². The van der Waals surface area contributed by atoms with Gasteiger partial charge in [-0.15, -0.1) is 0 Å². The molecule has 0 saturated carbocycles. The smallest absolute Gasteiger partial charge is 0.191 e. The monoisotopic (exact) mass is 412 g/mol. The Morgan fingerprint density at radius 1 is 1.10 bits per heavy atom. The summed E-state index contributed by atoms with van der Waals surface area (Å²) in [6, 6.07) is 15.6. The standard InChI is InChI=1S/C23H32N4O3/c1-3-24-23(25-16-18-4-8-20(28)9-5-18)26-17-22(27-12-14-30-15-13-27)19-6-10-21(29-2)11-7-19/h4-11,22,28H,3,12-17H2,1-2H3,(H2,24,25,26). The lowest BCUT2D eigenvalue weighted by Gasteiger charge is -2.35. The Hall–Kier alpha value is -2.77. The Kier molecular flexibility index (Phi) is 8.35. The number of aliphatic imine (C=N–C) groups is 1. The Morgan fingerprint density at radius 2 is 1.80 bits per heavy atom. The summed E-state index contributed by atoms with van der Waals surface area (Å²) in [6.45, 7) is 7.42. The summed E-state index contributed by atoms with van der Waals surface area (Å²) in [5, 5.41) is 16.3. The lowest BCUT2D eigenvalue weighted by molar-refractivity contribution is 0.0170. The zero-order valence-corrected chi connectivity index (χ0v) is 17.8. The van der Waals surface area contributed by atoms with Gasteiger partial charge in [0.05, 0.1) is 32.9 Å². The minimum atomic E-state index is 0.206. The van der Waals surface area contributed by atoms with Gasteiger partial charge in [0.15, 0.2) is 5.96 Å². The molecular formula is C23H32N4O3. The molecule has 30 heavy (non-hydrogen) atoms. The van der Waals surface area contributed by atoms with Crippen LogP contribution in [0, 0.1) is 0 Å². The van der Waals surface area contributed by atoms with Crippen LogP contribution >= 0.6 is 0 Å². The van der Waals surface area contributed by atoms with E-state index in [1.165, 1.54) is 5.56 Å². The van der Waals surface area contributed by atoms with Crippen LogP contribution in [0.3, 0.4) is 0 Å². The van der Waals surface area contributed by atoms with Crippen molar-refractivity contribution < 1.29 is 14.6 Å². The molecule has 3 N–H and O–H groups in total. The van der Waals surface area contributed by atoms with E-state index in [0.29, 0.717) is 6.54 Å². The van der Waals surface area contributed by atoms with Crippen molar-refractivity contribution in [1.82, 2.24) is 15.5 Å². The third-order valence-electron chi connectivity index (χ3n) is 5.15. The van der Waals surface area contributed by atoms with Gasteiger partial charge in [0.25, 0.3) is 0 Å². The molecule has 1 aliphatic rings. The van der Waals surface area contributed by atoms with E-state index in [1.807, 2.05) is 24.3 Å². The van der Waals surface area contributed by atoms with Gasteiger partial charge in [0.1, 0.15) is 11.5 Å². The Labute approximate surface area is 178 Å². The van der Waals surface area contributed by atoms with Crippen LogP contribution in [0.2, 0.25) is 0 Å². The number of methoxy groups -OCH3 is 1. The molecule has 7 nitrogen and oxygen atoms in total. The lowest BCUT2D eigenvalue weighted by Crippen LogP contribution is -2.46. The third-order valence-corrected chi connectivity index (χ3v) is 5.15. The maximum atomic E-state index is 9.45. The molecule has 7 heteroatoms. The molecular weight excluding hydrogens is 380 g/mol. The molecule has 3 rings (SSSR count). The van der Waals surface area contributed by atoms with Crippen LogP contribution in [0.15, 0.2) is 53.5 Å². The van der Waals surface area contributed by atoms with Crippen LogP contribution in [0.25, 0.3) is 0 Å². The number of hydrogen-bond acceptors (Lipinski definition) is 5. The molecule has 1 fully saturated rings. The number of rotatable bonds is 8. The molecule has 1 unspecified atom stereocenters. The minimum Gasteiger partial charge on any atom is -0.508 e. The minimum absolute atomic E-state index is 0.206. The number of ether oxygens (including phenoxy) is 2. The van der Waals surface area contributed by atoms with Crippen molar-refractivity contribution in [3.63, 3.8) is 0 Å². The predicted molar refractivity (Wildman–Crippen MR) is 119 cm³/mol. The SMILES string of the molecule is CCNC(=NCc1ccc(O)cc1)NCC(c1ccc(OC)cc1)N1CCOCC1.